The van der Waals surface area contributed by atoms with Crippen molar-refractivity contribution in [2.45, 2.75) is 20.0 Å². The summed E-state index contributed by atoms with van der Waals surface area (Å²) in [6.45, 7) is 1.79. The summed E-state index contributed by atoms with van der Waals surface area (Å²) in [4.78, 5) is 29.7. The zero-order valence-corrected chi connectivity index (χ0v) is 19.2. The fourth-order valence-electron chi connectivity index (χ4n) is 3.50. The largest absolute Gasteiger partial charge is 0.350 e. The third-order valence-electron chi connectivity index (χ3n) is 5.34. The normalized spacial score (nSPS) is 11.2. The number of carbonyl (C=O) groups excluding carboxylic acids is 1. The van der Waals surface area contributed by atoms with Crippen LogP contribution in [-0.4, -0.2) is 30.2 Å². The Hall–Kier alpha value is -4.31. The molecule has 3 aromatic heterocycles. The van der Waals surface area contributed by atoms with E-state index in [1.807, 2.05) is 31.2 Å². The Morgan fingerprint density at radius 3 is 2.74 bits per heavy atom. The second kappa shape index (κ2) is 9.15. The van der Waals surface area contributed by atoms with Crippen molar-refractivity contribution in [3.63, 3.8) is 0 Å². The molecule has 1 amide bonds. The first-order chi connectivity index (χ1) is 16.9. The highest BCUT2D eigenvalue weighted by Gasteiger charge is 2.18. The number of amides is 1. The molecule has 2 aromatic carbocycles. The van der Waals surface area contributed by atoms with E-state index in [1.165, 1.54) is 22.6 Å². The molecule has 0 saturated carbocycles. The van der Waals surface area contributed by atoms with Gasteiger partial charge in [0.1, 0.15) is 12.4 Å². The number of nitrogens with zero attached hydrogens (tertiary/aromatic N) is 5. The van der Waals surface area contributed by atoms with Crippen LogP contribution in [0.3, 0.4) is 0 Å². The topological polar surface area (TPSA) is 107 Å². The second-order valence-electron chi connectivity index (χ2n) is 7.87. The highest BCUT2D eigenvalue weighted by Crippen LogP contribution is 2.24. The molecule has 176 valence electrons. The molecule has 0 unspecified atom stereocenters. The average molecular weight is 493 g/mol. The molecule has 5 aromatic rings. The van der Waals surface area contributed by atoms with Gasteiger partial charge in [0.2, 0.25) is 11.7 Å². The molecule has 3 heterocycles. The number of fused-ring (bicyclic) bond motifs is 1. The zero-order valence-electron chi connectivity index (χ0n) is 18.4. The first-order valence-electron chi connectivity index (χ1n) is 10.6. The van der Waals surface area contributed by atoms with Crippen molar-refractivity contribution >= 4 is 23.2 Å². The van der Waals surface area contributed by atoms with Crippen LogP contribution in [0.25, 0.3) is 28.5 Å². The van der Waals surface area contributed by atoms with Crippen LogP contribution >= 0.6 is 11.6 Å². The lowest BCUT2D eigenvalue weighted by Crippen LogP contribution is -2.32. The molecule has 0 aliphatic heterocycles. The smallest absolute Gasteiger partial charge is 0.350 e. The summed E-state index contributed by atoms with van der Waals surface area (Å²) in [6.07, 6.45) is 1.54. The summed E-state index contributed by atoms with van der Waals surface area (Å²) in [5.41, 5.74) is 2.75. The first kappa shape index (κ1) is 22.5. The number of aryl methyl sites for hydroxylation is 1. The van der Waals surface area contributed by atoms with Crippen LogP contribution < -0.4 is 11.0 Å². The van der Waals surface area contributed by atoms with E-state index in [9.17, 15) is 14.0 Å². The van der Waals surface area contributed by atoms with Crippen LogP contribution in [0.15, 0.2) is 70.1 Å². The molecule has 1 N–H and O–H groups in total. The molecule has 11 heteroatoms. The molecule has 0 fully saturated rings. The molecule has 0 spiro atoms. The monoisotopic (exact) mass is 492 g/mol. The van der Waals surface area contributed by atoms with Crippen LogP contribution in [-0.2, 0) is 17.9 Å². The predicted octanol–water partition coefficient (Wildman–Crippen LogP) is 3.63. The molecule has 5 rings (SSSR count). The van der Waals surface area contributed by atoms with E-state index in [-0.39, 0.29) is 29.7 Å². The maximum atomic E-state index is 13.3. The lowest BCUT2D eigenvalue weighted by molar-refractivity contribution is -0.122. The van der Waals surface area contributed by atoms with Crippen molar-refractivity contribution in [1.29, 1.82) is 0 Å². The summed E-state index contributed by atoms with van der Waals surface area (Å²) in [5.74, 6) is -0.386. The van der Waals surface area contributed by atoms with Crippen molar-refractivity contribution in [3.05, 3.63) is 93.2 Å². The van der Waals surface area contributed by atoms with Gasteiger partial charge in [-0.2, -0.15) is 4.98 Å². The van der Waals surface area contributed by atoms with E-state index in [4.69, 9.17) is 16.1 Å². The molecule has 0 saturated heterocycles. The minimum atomic E-state index is -0.541. The molecule has 9 nitrogen and oxygen atoms in total. The van der Waals surface area contributed by atoms with Crippen molar-refractivity contribution in [3.8, 4) is 22.8 Å². The fraction of sp³-hybridized carbons (Fsp3) is 0.125. The number of nitrogens with one attached hydrogen (secondary N) is 1. The van der Waals surface area contributed by atoms with Gasteiger partial charge in [0, 0.05) is 18.3 Å². The Balaban J connectivity index is 1.37. The van der Waals surface area contributed by atoms with Crippen molar-refractivity contribution in [2.24, 2.45) is 0 Å². The molecular formula is C24H18ClFN6O3. The van der Waals surface area contributed by atoms with E-state index in [2.05, 4.69) is 20.6 Å². The van der Waals surface area contributed by atoms with Gasteiger partial charge >= 0.3 is 5.69 Å². The maximum absolute atomic E-state index is 13.3. The number of hydrogen-bond donors (Lipinski definition) is 1. The minimum Gasteiger partial charge on any atom is -0.350 e. The SMILES string of the molecule is Cc1ccc(-c2noc(-c3cccn4c(=O)n(CC(=O)NCc5ccc(F)c(Cl)c5)nc34)n2)cc1. The third-order valence-corrected chi connectivity index (χ3v) is 5.63. The number of hydrogen-bond acceptors (Lipinski definition) is 6. The van der Waals surface area contributed by atoms with Crippen molar-refractivity contribution in [1.82, 2.24) is 29.6 Å². The van der Waals surface area contributed by atoms with Crippen LogP contribution in [0.2, 0.25) is 5.02 Å². The molecule has 0 aliphatic carbocycles. The number of carbonyl (C=O) groups is 1. The summed E-state index contributed by atoms with van der Waals surface area (Å²) in [7, 11) is 0. The van der Waals surface area contributed by atoms with E-state index in [1.54, 1.807) is 18.3 Å². The van der Waals surface area contributed by atoms with Gasteiger partial charge in [-0.15, -0.1) is 5.10 Å². The number of pyridine rings is 1. The molecule has 0 bridgehead atoms. The van der Waals surface area contributed by atoms with Gasteiger partial charge in [-0.05, 0) is 36.8 Å². The van der Waals surface area contributed by atoms with Crippen molar-refractivity contribution < 1.29 is 13.7 Å². The molecular weight excluding hydrogens is 475 g/mol. The van der Waals surface area contributed by atoms with Crippen LogP contribution in [0.1, 0.15) is 11.1 Å². The average Bonchev–Trinajstić information content (AvgIpc) is 3.46. The van der Waals surface area contributed by atoms with E-state index in [0.29, 0.717) is 17.0 Å². The number of aromatic nitrogens is 5. The summed E-state index contributed by atoms with van der Waals surface area (Å²) < 4.78 is 21.1. The van der Waals surface area contributed by atoms with E-state index >= 15 is 0 Å². The van der Waals surface area contributed by atoms with Crippen LogP contribution in [0, 0.1) is 12.7 Å². The van der Waals surface area contributed by atoms with Crippen LogP contribution in [0.4, 0.5) is 4.39 Å². The van der Waals surface area contributed by atoms with Gasteiger partial charge in [0.25, 0.3) is 5.89 Å². The fourth-order valence-corrected chi connectivity index (χ4v) is 3.71. The van der Waals surface area contributed by atoms with Gasteiger partial charge in [-0.3, -0.25) is 4.79 Å². The summed E-state index contributed by atoms with van der Waals surface area (Å²) in [5, 5.41) is 11.0. The second-order valence-corrected chi connectivity index (χ2v) is 8.28. The van der Waals surface area contributed by atoms with Crippen LogP contribution in [0.5, 0.6) is 0 Å². The number of rotatable bonds is 6. The quantitative estimate of drug-likeness (QED) is 0.388. The maximum Gasteiger partial charge on any atom is 0.350 e. The Bertz CT molecular complexity index is 1610. The highest BCUT2D eigenvalue weighted by atomic mass is 35.5. The zero-order chi connectivity index (χ0) is 24.5. The van der Waals surface area contributed by atoms with E-state index in [0.717, 1.165) is 15.8 Å². The standard InChI is InChI=1S/C24H18ClFN6O3/c1-14-4-7-16(8-5-14)21-28-23(35-30-21)17-3-2-10-31-22(17)29-32(24(31)34)13-20(33)27-12-15-6-9-19(26)18(25)11-15/h2-11H,12-13H2,1H3,(H,27,33). The third kappa shape index (κ3) is 4.56. The highest BCUT2D eigenvalue weighted by molar-refractivity contribution is 6.30. The lowest BCUT2D eigenvalue weighted by atomic mass is 10.1. The number of benzene rings is 2. The Kier molecular flexibility index (Phi) is 5.87. The Labute approximate surface area is 202 Å². The predicted molar refractivity (Wildman–Crippen MR) is 126 cm³/mol. The first-order valence-corrected chi connectivity index (χ1v) is 11.0. The van der Waals surface area contributed by atoms with Gasteiger partial charge in [-0.25, -0.2) is 18.3 Å². The summed E-state index contributed by atoms with van der Waals surface area (Å²) in [6, 6.07) is 15.2. The minimum absolute atomic E-state index is 0.0348. The molecule has 0 atom stereocenters. The molecule has 0 aliphatic rings. The van der Waals surface area contributed by atoms with Gasteiger partial charge in [0.15, 0.2) is 5.65 Å². The van der Waals surface area contributed by atoms with Gasteiger partial charge in [-0.1, -0.05) is 52.7 Å². The lowest BCUT2D eigenvalue weighted by Gasteiger charge is -2.05. The van der Waals surface area contributed by atoms with Crippen molar-refractivity contribution in [2.75, 3.05) is 0 Å². The van der Waals surface area contributed by atoms with E-state index < -0.39 is 17.4 Å². The molecule has 35 heavy (non-hydrogen) atoms. The van der Waals surface area contributed by atoms with Gasteiger partial charge < -0.3 is 9.84 Å². The Morgan fingerprint density at radius 1 is 1.17 bits per heavy atom. The Morgan fingerprint density at radius 2 is 1.97 bits per heavy atom. The summed E-state index contributed by atoms with van der Waals surface area (Å²) >= 11 is 5.77. The number of halogens is 2. The molecule has 0 radical (unpaired) electrons. The van der Waals surface area contributed by atoms with Gasteiger partial charge in [0.05, 0.1) is 10.6 Å².